The van der Waals surface area contributed by atoms with Crippen molar-refractivity contribution in [2.75, 3.05) is 0 Å². The van der Waals surface area contributed by atoms with Crippen molar-refractivity contribution in [3.05, 3.63) is 13.8 Å². The van der Waals surface area contributed by atoms with E-state index in [4.69, 9.17) is 0 Å². The van der Waals surface area contributed by atoms with Gasteiger partial charge in [0.1, 0.15) is 0 Å². The molecule has 110 valence electrons. The van der Waals surface area contributed by atoms with Crippen molar-refractivity contribution in [1.82, 2.24) is 0 Å². The number of rotatable bonds is 15. The third-order valence-corrected chi connectivity index (χ3v) is 3.75. The SMILES string of the molecule is [CH2-]CCCCCCCCCCCCCCCC[CH2-].[Li+].[Li+]. The Morgan fingerprint density at radius 3 is 0.600 bits per heavy atom. The van der Waals surface area contributed by atoms with Crippen molar-refractivity contribution in [2.45, 2.75) is 103 Å². The fraction of sp³-hybridized carbons (Fsp3) is 0.889. The molecule has 0 bridgehead atoms. The summed E-state index contributed by atoms with van der Waals surface area (Å²) in [5.41, 5.74) is 0. The van der Waals surface area contributed by atoms with Gasteiger partial charge in [0.05, 0.1) is 0 Å². The van der Waals surface area contributed by atoms with Crippen LogP contribution in [0.25, 0.3) is 0 Å². The zero-order valence-electron chi connectivity index (χ0n) is 14.7. The summed E-state index contributed by atoms with van der Waals surface area (Å²) in [5, 5.41) is 0. The van der Waals surface area contributed by atoms with Gasteiger partial charge in [-0.25, -0.2) is 0 Å². The Morgan fingerprint density at radius 1 is 0.300 bits per heavy atom. The van der Waals surface area contributed by atoms with Crippen LogP contribution < -0.4 is 37.7 Å². The maximum absolute atomic E-state index is 3.88. The van der Waals surface area contributed by atoms with Gasteiger partial charge in [-0.15, -0.1) is 0 Å². The van der Waals surface area contributed by atoms with Gasteiger partial charge < -0.3 is 13.8 Å². The van der Waals surface area contributed by atoms with E-state index in [1.54, 1.807) is 0 Å². The average molecular weight is 266 g/mol. The Bertz CT molecular complexity index is 121. The van der Waals surface area contributed by atoms with Gasteiger partial charge in [-0.2, -0.15) is 12.8 Å². The van der Waals surface area contributed by atoms with E-state index in [2.05, 4.69) is 13.8 Å². The Balaban J connectivity index is -0.00000144. The van der Waals surface area contributed by atoms with Gasteiger partial charge in [0.2, 0.25) is 0 Å². The van der Waals surface area contributed by atoms with Gasteiger partial charge in [0, 0.05) is 0 Å². The van der Waals surface area contributed by atoms with Crippen molar-refractivity contribution >= 4 is 0 Å². The molecule has 0 fully saturated rings. The Morgan fingerprint density at radius 2 is 0.450 bits per heavy atom. The first-order valence-electron chi connectivity index (χ1n) is 8.50. The normalized spacial score (nSPS) is 9.90. The predicted octanol–water partition coefficient (Wildman–Crippen LogP) is 0.904. The molecule has 0 aliphatic rings. The monoisotopic (exact) mass is 266 g/mol. The minimum atomic E-state index is 0. The zero-order valence-corrected chi connectivity index (χ0v) is 14.7. The second-order valence-electron chi connectivity index (χ2n) is 5.66. The molecule has 0 amide bonds. The standard InChI is InChI=1S/C18H36.2Li/c1-3-5-7-9-11-13-15-17-18-16-14-12-10-8-6-4-2;;/h1-18H2;;/q-2;2*+1. The molecular formula is C18H36Li2. The van der Waals surface area contributed by atoms with Crippen LogP contribution in [0.15, 0.2) is 0 Å². The first-order chi connectivity index (χ1) is 8.91. The number of unbranched alkanes of at least 4 members (excludes halogenated alkanes) is 15. The second-order valence-corrected chi connectivity index (χ2v) is 5.66. The molecule has 0 aromatic rings. The van der Waals surface area contributed by atoms with E-state index in [0.29, 0.717) is 0 Å². The first-order valence-corrected chi connectivity index (χ1v) is 8.50. The van der Waals surface area contributed by atoms with Crippen molar-refractivity contribution in [3.63, 3.8) is 0 Å². The third kappa shape index (κ3) is 24.2. The van der Waals surface area contributed by atoms with Crippen LogP contribution in [-0.4, -0.2) is 0 Å². The maximum Gasteiger partial charge on any atom is 1.00 e. The molecule has 0 nitrogen and oxygen atoms in total. The van der Waals surface area contributed by atoms with E-state index in [0.717, 1.165) is 12.8 Å². The van der Waals surface area contributed by atoms with E-state index in [1.807, 2.05) is 0 Å². The molecule has 20 heavy (non-hydrogen) atoms. The van der Waals surface area contributed by atoms with Gasteiger partial charge >= 0.3 is 37.7 Å². The Hall–Kier alpha value is 1.19. The van der Waals surface area contributed by atoms with Crippen LogP contribution in [0.1, 0.15) is 103 Å². The van der Waals surface area contributed by atoms with Crippen molar-refractivity contribution in [2.24, 2.45) is 0 Å². The minimum Gasteiger partial charge on any atom is -0.343 e. The molecule has 2 heteroatoms. The van der Waals surface area contributed by atoms with Crippen molar-refractivity contribution in [3.8, 4) is 0 Å². The molecule has 0 aliphatic carbocycles. The molecular weight excluding hydrogens is 230 g/mol. The molecule has 0 spiro atoms. The van der Waals surface area contributed by atoms with Crippen LogP contribution in [-0.2, 0) is 0 Å². The molecule has 0 saturated carbocycles. The zero-order chi connectivity index (χ0) is 13.3. The number of hydrogen-bond acceptors (Lipinski definition) is 0. The van der Waals surface area contributed by atoms with Gasteiger partial charge in [-0.3, -0.25) is 0 Å². The van der Waals surface area contributed by atoms with E-state index in [9.17, 15) is 0 Å². The molecule has 0 N–H and O–H groups in total. The summed E-state index contributed by atoms with van der Waals surface area (Å²) in [6, 6.07) is 0. The summed E-state index contributed by atoms with van der Waals surface area (Å²) < 4.78 is 0. The Kier molecular flexibility index (Phi) is 32.9. The molecule has 0 aromatic carbocycles. The van der Waals surface area contributed by atoms with Crippen LogP contribution in [0.2, 0.25) is 0 Å². The molecule has 0 unspecified atom stereocenters. The van der Waals surface area contributed by atoms with E-state index in [1.165, 1.54) is 89.9 Å². The van der Waals surface area contributed by atoms with E-state index >= 15 is 0 Å². The Labute approximate surface area is 154 Å². The van der Waals surface area contributed by atoms with Crippen LogP contribution in [0.5, 0.6) is 0 Å². The van der Waals surface area contributed by atoms with E-state index < -0.39 is 0 Å². The summed E-state index contributed by atoms with van der Waals surface area (Å²) in [7, 11) is 0. The van der Waals surface area contributed by atoms with Gasteiger partial charge in [0.25, 0.3) is 0 Å². The van der Waals surface area contributed by atoms with Gasteiger partial charge in [-0.05, 0) is 0 Å². The van der Waals surface area contributed by atoms with E-state index in [-0.39, 0.29) is 37.7 Å². The molecule has 0 heterocycles. The molecule has 0 radical (unpaired) electrons. The number of hydrogen-bond donors (Lipinski definition) is 0. The van der Waals surface area contributed by atoms with Crippen LogP contribution in [0, 0.1) is 13.8 Å². The molecule has 0 aliphatic heterocycles. The fourth-order valence-electron chi connectivity index (χ4n) is 2.47. The first kappa shape index (κ1) is 26.1. The average Bonchev–Trinajstić information content (AvgIpc) is 2.39. The summed E-state index contributed by atoms with van der Waals surface area (Å²) >= 11 is 0. The van der Waals surface area contributed by atoms with Crippen LogP contribution in [0.4, 0.5) is 0 Å². The maximum atomic E-state index is 3.88. The minimum absolute atomic E-state index is 0. The van der Waals surface area contributed by atoms with Gasteiger partial charge in [0.15, 0.2) is 0 Å². The van der Waals surface area contributed by atoms with Gasteiger partial charge in [-0.1, -0.05) is 89.9 Å². The summed E-state index contributed by atoms with van der Waals surface area (Å²) in [6.45, 7) is 7.76. The second kappa shape index (κ2) is 25.2. The largest absolute Gasteiger partial charge is 1.00 e. The molecule has 0 aromatic heterocycles. The van der Waals surface area contributed by atoms with Crippen LogP contribution in [0.3, 0.4) is 0 Å². The summed E-state index contributed by atoms with van der Waals surface area (Å²) in [4.78, 5) is 0. The molecule has 0 saturated heterocycles. The topological polar surface area (TPSA) is 0 Å². The quantitative estimate of drug-likeness (QED) is 0.235. The summed E-state index contributed by atoms with van der Waals surface area (Å²) in [5.74, 6) is 0. The van der Waals surface area contributed by atoms with Crippen molar-refractivity contribution < 1.29 is 37.7 Å². The molecule has 0 atom stereocenters. The van der Waals surface area contributed by atoms with Crippen LogP contribution >= 0.6 is 0 Å². The fourth-order valence-corrected chi connectivity index (χ4v) is 2.47. The smallest absolute Gasteiger partial charge is 0.343 e. The third-order valence-electron chi connectivity index (χ3n) is 3.75. The van der Waals surface area contributed by atoms with Crippen molar-refractivity contribution in [1.29, 1.82) is 0 Å². The predicted molar refractivity (Wildman–Crippen MR) is 84.6 cm³/mol. The summed E-state index contributed by atoms with van der Waals surface area (Å²) in [6.07, 6.45) is 22.2. The molecule has 0 rings (SSSR count).